The normalized spacial score (nSPS) is 22.7. The van der Waals surface area contributed by atoms with E-state index >= 15 is 0 Å². The third-order valence-corrected chi connectivity index (χ3v) is 3.49. The second kappa shape index (κ2) is 4.80. The SMILES string of the molecule is O=C(O)O.O=C1C=C(N2CC2)C(=O)C(N2CC2)=C1N1CC1. The van der Waals surface area contributed by atoms with Crippen molar-refractivity contribution in [3.05, 3.63) is 23.2 Å². The van der Waals surface area contributed by atoms with Gasteiger partial charge in [-0.3, -0.25) is 9.59 Å². The Hall–Kier alpha value is -2.51. The standard InChI is InChI=1S/C12H13N3O2.CH2O3/c16-9-7-8(13-1-2-13)12(17)11(15-5-6-15)10(9)14-3-4-14;2-1(3)4/h7H,1-6H2;(H2,2,3,4). The Morgan fingerprint density at radius 1 is 0.857 bits per heavy atom. The second-order valence-electron chi connectivity index (χ2n) is 5.16. The quantitative estimate of drug-likeness (QED) is 0.525. The number of hydrogen-bond donors (Lipinski definition) is 2. The molecule has 2 N–H and O–H groups in total. The van der Waals surface area contributed by atoms with E-state index in [2.05, 4.69) is 0 Å². The smallest absolute Gasteiger partial charge is 0.450 e. The van der Waals surface area contributed by atoms with Gasteiger partial charge >= 0.3 is 6.16 Å². The van der Waals surface area contributed by atoms with Crippen LogP contribution in [-0.4, -0.2) is 81.9 Å². The van der Waals surface area contributed by atoms with Crippen molar-refractivity contribution in [2.75, 3.05) is 39.3 Å². The van der Waals surface area contributed by atoms with Gasteiger partial charge in [0.05, 0.1) is 5.70 Å². The van der Waals surface area contributed by atoms with Crippen molar-refractivity contribution in [1.82, 2.24) is 14.7 Å². The zero-order valence-electron chi connectivity index (χ0n) is 11.3. The van der Waals surface area contributed by atoms with Crippen LogP contribution in [0.25, 0.3) is 0 Å². The Kier molecular flexibility index (Phi) is 3.08. The predicted molar refractivity (Wildman–Crippen MR) is 70.5 cm³/mol. The van der Waals surface area contributed by atoms with Crippen LogP contribution in [0, 0.1) is 0 Å². The molecule has 3 heterocycles. The van der Waals surface area contributed by atoms with Gasteiger partial charge in [0.2, 0.25) is 11.6 Å². The van der Waals surface area contributed by atoms with Gasteiger partial charge in [-0.05, 0) is 0 Å². The van der Waals surface area contributed by atoms with Crippen LogP contribution in [0.15, 0.2) is 23.2 Å². The van der Waals surface area contributed by atoms with Gasteiger partial charge in [-0.2, -0.15) is 0 Å². The van der Waals surface area contributed by atoms with Crippen LogP contribution in [-0.2, 0) is 9.59 Å². The molecule has 3 aliphatic heterocycles. The molecule has 8 heteroatoms. The van der Waals surface area contributed by atoms with Gasteiger partial charge in [0.15, 0.2) is 0 Å². The zero-order chi connectivity index (χ0) is 15.1. The number of carboxylic acid groups (broad SMARTS) is 2. The van der Waals surface area contributed by atoms with Gasteiger partial charge in [-0.15, -0.1) is 0 Å². The first-order chi connectivity index (χ1) is 9.99. The van der Waals surface area contributed by atoms with Crippen molar-refractivity contribution < 1.29 is 24.6 Å². The molecule has 112 valence electrons. The fourth-order valence-electron chi connectivity index (χ4n) is 2.28. The largest absolute Gasteiger partial charge is 0.503 e. The van der Waals surface area contributed by atoms with Gasteiger partial charge in [0.25, 0.3) is 0 Å². The minimum Gasteiger partial charge on any atom is -0.450 e. The van der Waals surface area contributed by atoms with E-state index in [0.29, 0.717) is 17.1 Å². The van der Waals surface area contributed by atoms with E-state index in [0.717, 1.165) is 39.3 Å². The van der Waals surface area contributed by atoms with Crippen molar-refractivity contribution in [2.24, 2.45) is 0 Å². The van der Waals surface area contributed by atoms with E-state index in [9.17, 15) is 9.59 Å². The third-order valence-electron chi connectivity index (χ3n) is 3.49. The van der Waals surface area contributed by atoms with E-state index in [1.165, 1.54) is 6.08 Å². The summed E-state index contributed by atoms with van der Waals surface area (Å²) in [6, 6.07) is 0. The van der Waals surface area contributed by atoms with Gasteiger partial charge in [-0.25, -0.2) is 4.79 Å². The highest BCUT2D eigenvalue weighted by Gasteiger charge is 2.43. The first kappa shape index (κ1) is 13.5. The van der Waals surface area contributed by atoms with Crippen molar-refractivity contribution in [2.45, 2.75) is 0 Å². The molecule has 1 aliphatic carbocycles. The molecule has 0 bridgehead atoms. The molecule has 8 nitrogen and oxygen atoms in total. The number of rotatable bonds is 3. The summed E-state index contributed by atoms with van der Waals surface area (Å²) < 4.78 is 0. The summed E-state index contributed by atoms with van der Waals surface area (Å²) in [6.07, 6.45) is -0.310. The summed E-state index contributed by atoms with van der Waals surface area (Å²) in [5.74, 6) is 0.0485. The highest BCUT2D eigenvalue weighted by atomic mass is 16.6. The summed E-state index contributed by atoms with van der Waals surface area (Å²) in [6.45, 7) is 5.41. The Bertz CT molecular complexity index is 579. The number of carbonyl (C=O) groups excluding carboxylic acids is 2. The van der Waals surface area contributed by atoms with Crippen molar-refractivity contribution in [1.29, 1.82) is 0 Å². The maximum absolute atomic E-state index is 12.4. The lowest BCUT2D eigenvalue weighted by molar-refractivity contribution is -0.117. The monoisotopic (exact) mass is 293 g/mol. The molecule has 4 rings (SSSR count). The van der Waals surface area contributed by atoms with Crippen LogP contribution < -0.4 is 0 Å². The van der Waals surface area contributed by atoms with Crippen LogP contribution >= 0.6 is 0 Å². The van der Waals surface area contributed by atoms with Crippen LogP contribution in [0.1, 0.15) is 0 Å². The first-order valence-electron chi connectivity index (χ1n) is 6.71. The second-order valence-corrected chi connectivity index (χ2v) is 5.16. The summed E-state index contributed by atoms with van der Waals surface area (Å²) in [4.78, 5) is 39.0. The first-order valence-corrected chi connectivity index (χ1v) is 6.71. The molecule has 21 heavy (non-hydrogen) atoms. The van der Waals surface area contributed by atoms with E-state index in [1.54, 1.807) is 0 Å². The van der Waals surface area contributed by atoms with Crippen molar-refractivity contribution >= 4 is 17.7 Å². The average molecular weight is 293 g/mol. The molecule has 3 saturated heterocycles. The van der Waals surface area contributed by atoms with Gasteiger partial charge in [-0.1, -0.05) is 0 Å². The summed E-state index contributed by atoms with van der Waals surface area (Å²) in [5, 5.41) is 13.9. The maximum Gasteiger partial charge on any atom is 0.503 e. The molecule has 0 atom stereocenters. The lowest BCUT2D eigenvalue weighted by atomic mass is 10.0. The molecule has 0 unspecified atom stereocenters. The highest BCUT2D eigenvalue weighted by Crippen LogP contribution is 2.33. The molecule has 0 aromatic heterocycles. The maximum atomic E-state index is 12.4. The number of nitrogens with zero attached hydrogens (tertiary/aromatic N) is 3. The predicted octanol–water partition coefficient (Wildman–Crippen LogP) is -0.597. The summed E-state index contributed by atoms with van der Waals surface area (Å²) >= 11 is 0. The molecular formula is C13H15N3O5. The van der Waals surface area contributed by atoms with Crippen molar-refractivity contribution in [3.8, 4) is 0 Å². The molecule has 0 aromatic carbocycles. The lowest BCUT2D eigenvalue weighted by Gasteiger charge is -2.21. The van der Waals surface area contributed by atoms with Gasteiger partial charge < -0.3 is 24.9 Å². The summed E-state index contributed by atoms with van der Waals surface area (Å²) in [5.41, 5.74) is 1.89. The Morgan fingerprint density at radius 2 is 1.29 bits per heavy atom. The average Bonchev–Trinajstić information content (AvgIpc) is 3.26. The number of ketones is 2. The summed E-state index contributed by atoms with van der Waals surface area (Å²) in [7, 11) is 0. The molecule has 0 radical (unpaired) electrons. The minimum absolute atomic E-state index is 0.00546. The van der Waals surface area contributed by atoms with E-state index < -0.39 is 6.16 Å². The third kappa shape index (κ3) is 2.83. The Morgan fingerprint density at radius 3 is 1.71 bits per heavy atom. The molecule has 0 aromatic rings. The molecule has 0 spiro atoms. The fraction of sp³-hybridized carbons (Fsp3) is 0.462. The topological polar surface area (TPSA) is 101 Å². The molecule has 3 fully saturated rings. The Labute approximate surface area is 120 Å². The van der Waals surface area contributed by atoms with Crippen LogP contribution in [0.4, 0.5) is 4.79 Å². The van der Waals surface area contributed by atoms with Crippen LogP contribution in [0.3, 0.4) is 0 Å². The number of Topliss-reactive ketones (excluding diaryl/α,β-unsaturated/α-hetero) is 1. The minimum atomic E-state index is -1.83. The van der Waals surface area contributed by atoms with Gasteiger partial charge in [0.1, 0.15) is 11.4 Å². The van der Waals surface area contributed by atoms with E-state index in [-0.39, 0.29) is 11.6 Å². The fourth-order valence-corrected chi connectivity index (χ4v) is 2.28. The molecule has 0 saturated carbocycles. The van der Waals surface area contributed by atoms with Gasteiger partial charge in [0, 0.05) is 45.3 Å². The molecule has 4 aliphatic rings. The molecular weight excluding hydrogens is 278 g/mol. The van der Waals surface area contributed by atoms with E-state index in [1.807, 2.05) is 14.7 Å². The zero-order valence-corrected chi connectivity index (χ0v) is 11.3. The van der Waals surface area contributed by atoms with Crippen molar-refractivity contribution in [3.63, 3.8) is 0 Å². The van der Waals surface area contributed by atoms with E-state index in [4.69, 9.17) is 15.0 Å². The van der Waals surface area contributed by atoms with Crippen LogP contribution in [0.2, 0.25) is 0 Å². The van der Waals surface area contributed by atoms with Crippen LogP contribution in [0.5, 0.6) is 0 Å². The lowest BCUT2D eigenvalue weighted by Crippen LogP contribution is -2.29. The number of carbonyl (C=O) groups is 3. The molecule has 0 amide bonds. The highest BCUT2D eigenvalue weighted by molar-refractivity contribution is 6.22. The number of hydrogen-bond acceptors (Lipinski definition) is 6. The number of allylic oxidation sites excluding steroid dienone is 1. The Balaban J connectivity index is 0.000000298.